The van der Waals surface area contributed by atoms with E-state index < -0.39 is 0 Å². The van der Waals surface area contributed by atoms with Gasteiger partial charge in [0.05, 0.1) is 25.3 Å². The lowest BCUT2D eigenvalue weighted by atomic mass is 9.73. The van der Waals surface area contributed by atoms with Crippen molar-refractivity contribution < 1.29 is 9.47 Å². The van der Waals surface area contributed by atoms with Crippen molar-refractivity contribution in [1.82, 2.24) is 0 Å². The van der Waals surface area contributed by atoms with E-state index in [-0.39, 0.29) is 5.54 Å². The van der Waals surface area contributed by atoms with Gasteiger partial charge in [-0.3, -0.25) is 4.99 Å². The topological polar surface area (TPSA) is 60.1 Å². The summed E-state index contributed by atoms with van der Waals surface area (Å²) >= 11 is 0. The zero-order valence-electron chi connectivity index (χ0n) is 12.0. The van der Waals surface area contributed by atoms with Crippen LogP contribution in [0.2, 0.25) is 0 Å². The Kier molecular flexibility index (Phi) is 3.30. The number of nitrogens with zero attached hydrogens (tertiary/aromatic N) is 2. The highest BCUT2D eigenvalue weighted by atomic mass is 16.5. The summed E-state index contributed by atoms with van der Waals surface area (Å²) in [6, 6.07) is 7.96. The Morgan fingerprint density at radius 2 is 2.05 bits per heavy atom. The number of aliphatic imine (C=N–C) groups is 1. The molecule has 1 spiro atoms. The predicted molar refractivity (Wildman–Crippen MR) is 79.3 cm³/mol. The van der Waals surface area contributed by atoms with Gasteiger partial charge in [-0.1, -0.05) is 0 Å². The van der Waals surface area contributed by atoms with Crippen molar-refractivity contribution in [1.29, 1.82) is 0 Å². The van der Waals surface area contributed by atoms with E-state index in [2.05, 4.69) is 9.89 Å². The molecule has 1 saturated carbocycles. The lowest BCUT2D eigenvalue weighted by molar-refractivity contribution is -0.0306. The van der Waals surface area contributed by atoms with Crippen LogP contribution in [-0.2, 0) is 4.74 Å². The lowest BCUT2D eigenvalue weighted by Gasteiger charge is -2.50. The number of ether oxygens (including phenoxy) is 2. The van der Waals surface area contributed by atoms with E-state index in [1.807, 2.05) is 31.2 Å². The second kappa shape index (κ2) is 4.98. The van der Waals surface area contributed by atoms with E-state index >= 15 is 0 Å². The van der Waals surface area contributed by atoms with Crippen molar-refractivity contribution in [3.05, 3.63) is 24.3 Å². The van der Waals surface area contributed by atoms with Crippen LogP contribution >= 0.6 is 0 Å². The first-order valence-corrected chi connectivity index (χ1v) is 7.04. The molecular weight excluding hydrogens is 254 g/mol. The summed E-state index contributed by atoms with van der Waals surface area (Å²) in [6.07, 6.45) is 2.30. The van der Waals surface area contributed by atoms with Gasteiger partial charge in [-0.05, 0) is 44.0 Å². The maximum Gasteiger partial charge on any atom is 0.196 e. The van der Waals surface area contributed by atoms with E-state index in [9.17, 15) is 0 Å². The fraction of sp³-hybridized carbons (Fsp3) is 0.533. The van der Waals surface area contributed by atoms with Gasteiger partial charge in [0.15, 0.2) is 5.96 Å². The molecule has 1 aliphatic carbocycles. The molecule has 0 saturated heterocycles. The minimum Gasteiger partial charge on any atom is -0.497 e. The monoisotopic (exact) mass is 275 g/mol. The first kappa shape index (κ1) is 13.2. The minimum atomic E-state index is 0.0124. The summed E-state index contributed by atoms with van der Waals surface area (Å²) in [5.41, 5.74) is 7.17. The van der Waals surface area contributed by atoms with Crippen LogP contribution in [0.15, 0.2) is 29.3 Å². The van der Waals surface area contributed by atoms with Gasteiger partial charge in [0.1, 0.15) is 5.75 Å². The van der Waals surface area contributed by atoms with Crippen LogP contribution < -0.4 is 15.4 Å². The molecule has 1 heterocycles. The van der Waals surface area contributed by atoms with Crippen LogP contribution in [0.3, 0.4) is 0 Å². The SMILES string of the molecule is CCOC1CC2(CN=C(N)N2c2ccc(OC)cc2)C1. The van der Waals surface area contributed by atoms with Crippen molar-refractivity contribution >= 4 is 11.6 Å². The Labute approximate surface area is 119 Å². The summed E-state index contributed by atoms with van der Waals surface area (Å²) in [4.78, 5) is 6.59. The molecule has 0 unspecified atom stereocenters. The fourth-order valence-electron chi connectivity index (χ4n) is 3.20. The summed E-state index contributed by atoms with van der Waals surface area (Å²) in [5.74, 6) is 1.45. The van der Waals surface area contributed by atoms with E-state index in [1.54, 1.807) is 7.11 Å². The van der Waals surface area contributed by atoms with Gasteiger partial charge in [-0.2, -0.15) is 0 Å². The van der Waals surface area contributed by atoms with Crippen LogP contribution in [0, 0.1) is 0 Å². The van der Waals surface area contributed by atoms with Crippen molar-refractivity contribution in [2.45, 2.75) is 31.4 Å². The third kappa shape index (κ3) is 2.02. The zero-order valence-corrected chi connectivity index (χ0v) is 12.0. The van der Waals surface area contributed by atoms with Crippen LogP contribution in [0.25, 0.3) is 0 Å². The molecule has 2 N–H and O–H groups in total. The molecule has 1 aliphatic heterocycles. The van der Waals surface area contributed by atoms with Crippen LogP contribution in [0.5, 0.6) is 5.75 Å². The van der Waals surface area contributed by atoms with Gasteiger partial charge >= 0.3 is 0 Å². The Hall–Kier alpha value is -1.75. The molecule has 1 aromatic carbocycles. The molecular formula is C15H21N3O2. The van der Waals surface area contributed by atoms with Gasteiger partial charge in [0, 0.05) is 12.3 Å². The summed E-state index contributed by atoms with van der Waals surface area (Å²) in [5, 5.41) is 0. The molecule has 1 fully saturated rings. The molecule has 108 valence electrons. The first-order chi connectivity index (χ1) is 9.68. The van der Waals surface area contributed by atoms with Crippen molar-refractivity contribution in [2.75, 3.05) is 25.2 Å². The van der Waals surface area contributed by atoms with Crippen LogP contribution in [-0.4, -0.2) is 37.9 Å². The number of rotatable bonds is 4. The van der Waals surface area contributed by atoms with Crippen LogP contribution in [0.1, 0.15) is 19.8 Å². The molecule has 2 aliphatic rings. The summed E-state index contributed by atoms with van der Waals surface area (Å²) in [6.45, 7) is 3.56. The third-order valence-electron chi connectivity index (χ3n) is 4.19. The fourth-order valence-corrected chi connectivity index (χ4v) is 3.20. The molecule has 0 atom stereocenters. The Morgan fingerprint density at radius 3 is 2.65 bits per heavy atom. The molecule has 3 rings (SSSR count). The van der Waals surface area contributed by atoms with E-state index in [0.717, 1.165) is 37.4 Å². The van der Waals surface area contributed by atoms with Crippen molar-refractivity contribution in [3.8, 4) is 5.75 Å². The Balaban J connectivity index is 1.80. The second-order valence-corrected chi connectivity index (χ2v) is 5.42. The van der Waals surface area contributed by atoms with Gasteiger partial charge < -0.3 is 20.1 Å². The highest BCUT2D eigenvalue weighted by Crippen LogP contribution is 2.45. The van der Waals surface area contributed by atoms with Gasteiger partial charge in [-0.25, -0.2) is 0 Å². The standard InChI is InChI=1S/C15H21N3O2/c1-3-20-13-8-15(9-13)10-17-14(16)18(15)11-4-6-12(19-2)7-5-11/h4-7,13H,3,8-10H2,1-2H3,(H2,16,17). The van der Waals surface area contributed by atoms with Gasteiger partial charge in [-0.15, -0.1) is 0 Å². The smallest absolute Gasteiger partial charge is 0.196 e. The number of nitrogens with two attached hydrogens (primary N) is 1. The number of guanidine groups is 1. The highest BCUT2D eigenvalue weighted by molar-refractivity contribution is 5.98. The number of benzene rings is 1. The predicted octanol–water partition coefficient (Wildman–Crippen LogP) is 1.77. The first-order valence-electron chi connectivity index (χ1n) is 7.04. The minimum absolute atomic E-state index is 0.0124. The van der Waals surface area contributed by atoms with Gasteiger partial charge in [0.2, 0.25) is 0 Å². The largest absolute Gasteiger partial charge is 0.497 e. The molecule has 5 nitrogen and oxygen atoms in total. The maximum atomic E-state index is 6.09. The number of methoxy groups -OCH3 is 1. The molecule has 0 bridgehead atoms. The Bertz CT molecular complexity index is 506. The quantitative estimate of drug-likeness (QED) is 0.909. The van der Waals surface area contributed by atoms with Crippen LogP contribution in [0.4, 0.5) is 5.69 Å². The second-order valence-electron chi connectivity index (χ2n) is 5.42. The summed E-state index contributed by atoms with van der Waals surface area (Å²) in [7, 11) is 1.67. The van der Waals surface area contributed by atoms with Crippen molar-refractivity contribution in [3.63, 3.8) is 0 Å². The average Bonchev–Trinajstić information content (AvgIpc) is 2.77. The van der Waals surface area contributed by atoms with E-state index in [4.69, 9.17) is 15.2 Å². The maximum absolute atomic E-state index is 6.09. The lowest BCUT2D eigenvalue weighted by Crippen LogP contribution is -2.62. The van der Waals surface area contributed by atoms with E-state index in [1.165, 1.54) is 0 Å². The zero-order chi connectivity index (χ0) is 14.2. The summed E-state index contributed by atoms with van der Waals surface area (Å²) < 4.78 is 10.9. The number of hydrogen-bond donors (Lipinski definition) is 1. The van der Waals surface area contributed by atoms with E-state index in [0.29, 0.717) is 12.1 Å². The highest BCUT2D eigenvalue weighted by Gasteiger charge is 2.53. The molecule has 5 heteroatoms. The normalized spacial score (nSPS) is 28.4. The van der Waals surface area contributed by atoms with Gasteiger partial charge in [0.25, 0.3) is 0 Å². The Morgan fingerprint density at radius 1 is 1.35 bits per heavy atom. The van der Waals surface area contributed by atoms with Crippen molar-refractivity contribution in [2.24, 2.45) is 10.7 Å². The molecule has 20 heavy (non-hydrogen) atoms. The average molecular weight is 275 g/mol. The molecule has 0 amide bonds. The molecule has 0 radical (unpaired) electrons. The third-order valence-corrected chi connectivity index (χ3v) is 4.19. The molecule has 1 aromatic rings. The number of hydrogen-bond acceptors (Lipinski definition) is 5. The number of anilines is 1. The molecule has 0 aromatic heterocycles.